The third-order valence-electron chi connectivity index (χ3n) is 7.56. The van der Waals surface area contributed by atoms with Crippen LogP contribution in [0.4, 0.5) is 0 Å². The third-order valence-corrected chi connectivity index (χ3v) is 10.7. The van der Waals surface area contributed by atoms with Gasteiger partial charge >= 0.3 is 8.80 Å². The fourth-order valence-corrected chi connectivity index (χ4v) is 7.77. The second-order valence-electron chi connectivity index (χ2n) is 11.2. The van der Waals surface area contributed by atoms with Crippen molar-refractivity contribution in [2.45, 2.75) is 161 Å². The number of thioether (sulfide) groups is 1. The van der Waals surface area contributed by atoms with Crippen LogP contribution in [0.2, 0.25) is 6.04 Å². The topological polar surface area (TPSA) is 67.8 Å². The molecular weight excluding hydrogens is 498 g/mol. The lowest BCUT2D eigenvalue weighted by Crippen LogP contribution is -2.49. The lowest BCUT2D eigenvalue weighted by Gasteiger charge is -2.29. The summed E-state index contributed by atoms with van der Waals surface area (Å²) in [6.45, 7) is 5.86. The van der Waals surface area contributed by atoms with E-state index in [1.807, 2.05) is 0 Å². The van der Waals surface area contributed by atoms with Gasteiger partial charge in [-0.15, -0.1) is 0 Å². The zero-order valence-corrected chi connectivity index (χ0v) is 26.4. The molecule has 1 rings (SSSR count). The predicted octanol–water partition coefficient (Wildman–Crippen LogP) is 8.97. The second-order valence-corrected chi connectivity index (χ2v) is 14.8. The second kappa shape index (κ2) is 25.1. The van der Waals surface area contributed by atoms with Gasteiger partial charge in [0.2, 0.25) is 0 Å². The normalized spacial score (nSPS) is 20.6. The zero-order chi connectivity index (χ0) is 26.9. The fourth-order valence-electron chi connectivity index (χ4n) is 5.04. The van der Waals surface area contributed by atoms with Gasteiger partial charge in [-0.2, -0.15) is 0 Å². The SMILES string of the molecule is CCCCCCCCCCCCCCCC1CCO[Si](O)(CCCSC(=O)CCCCCCC)ONC1. The Morgan fingerprint density at radius 2 is 1.35 bits per heavy atom. The number of carbonyl (C=O) groups is 1. The van der Waals surface area contributed by atoms with E-state index < -0.39 is 8.80 Å². The summed E-state index contributed by atoms with van der Waals surface area (Å²) in [5.74, 6) is 1.29. The first kappa shape index (κ1) is 35.1. The van der Waals surface area contributed by atoms with Crippen LogP contribution in [0, 0.1) is 5.92 Å². The van der Waals surface area contributed by atoms with Crippen LogP contribution in [0.15, 0.2) is 0 Å². The summed E-state index contributed by atoms with van der Waals surface area (Å²) < 4.78 is 11.5. The Balaban J connectivity index is 1.97. The molecule has 0 amide bonds. The number of carbonyl (C=O) groups excluding carboxylic acids is 1. The molecule has 0 saturated carbocycles. The summed E-state index contributed by atoms with van der Waals surface area (Å²) in [6.07, 6.45) is 27.5. The molecule has 1 aliphatic rings. The Kier molecular flexibility index (Phi) is 23.8. The summed E-state index contributed by atoms with van der Waals surface area (Å²) in [7, 11) is -3.17. The number of hydrogen-bond acceptors (Lipinski definition) is 6. The van der Waals surface area contributed by atoms with E-state index in [1.165, 1.54) is 121 Å². The number of rotatable bonds is 24. The van der Waals surface area contributed by atoms with E-state index in [1.54, 1.807) is 0 Å². The van der Waals surface area contributed by atoms with Gasteiger partial charge in [0.1, 0.15) is 0 Å². The Hall–Kier alpha value is 0.0769. The van der Waals surface area contributed by atoms with Crippen molar-refractivity contribution in [2.24, 2.45) is 5.92 Å². The van der Waals surface area contributed by atoms with Crippen molar-refractivity contribution in [3.05, 3.63) is 0 Å². The van der Waals surface area contributed by atoms with Crippen molar-refractivity contribution in [1.82, 2.24) is 5.48 Å². The Bertz CT molecular complexity index is 516. The molecule has 1 aliphatic heterocycles. The quantitative estimate of drug-likeness (QED) is 0.0908. The molecule has 0 aromatic rings. The summed E-state index contributed by atoms with van der Waals surface area (Å²) in [4.78, 5) is 22.8. The van der Waals surface area contributed by atoms with Crippen molar-refractivity contribution in [3.8, 4) is 0 Å². The van der Waals surface area contributed by atoms with Crippen molar-refractivity contribution in [3.63, 3.8) is 0 Å². The van der Waals surface area contributed by atoms with E-state index >= 15 is 0 Å². The molecule has 1 saturated heterocycles. The largest absolute Gasteiger partial charge is 0.515 e. The highest BCUT2D eigenvalue weighted by Gasteiger charge is 2.38. The standard InChI is InChI=1S/C30H61NO4SSi/c1-3-5-7-9-10-11-12-13-14-15-16-18-19-22-29-24-25-34-37(33,35-31-28-29)27-21-26-36-30(32)23-20-17-8-6-4-2/h29,31,33H,3-28H2,1-2H3. The minimum Gasteiger partial charge on any atom is -0.389 e. The van der Waals surface area contributed by atoms with Gasteiger partial charge in [-0.25, -0.2) is 5.48 Å². The lowest BCUT2D eigenvalue weighted by atomic mass is 9.97. The highest BCUT2D eigenvalue weighted by Crippen LogP contribution is 2.22. The summed E-state index contributed by atoms with van der Waals surface area (Å²) in [6, 6.07) is 0.514. The molecule has 0 aliphatic carbocycles. The number of unbranched alkanes of at least 4 members (excludes halogenated alkanes) is 16. The summed E-state index contributed by atoms with van der Waals surface area (Å²) in [5, 5.41) is 0.277. The van der Waals surface area contributed by atoms with Gasteiger partial charge in [0.25, 0.3) is 0 Å². The Morgan fingerprint density at radius 1 is 0.811 bits per heavy atom. The van der Waals surface area contributed by atoms with E-state index in [9.17, 15) is 9.59 Å². The maximum atomic E-state index is 12.0. The molecule has 7 heteroatoms. The molecule has 37 heavy (non-hydrogen) atoms. The molecule has 1 fully saturated rings. The lowest BCUT2D eigenvalue weighted by molar-refractivity contribution is -0.111. The van der Waals surface area contributed by atoms with E-state index in [4.69, 9.17) is 8.95 Å². The van der Waals surface area contributed by atoms with Gasteiger partial charge in [0.15, 0.2) is 5.12 Å². The van der Waals surface area contributed by atoms with Crippen LogP contribution in [0.25, 0.3) is 0 Å². The van der Waals surface area contributed by atoms with Gasteiger partial charge in [-0.05, 0) is 31.6 Å². The smallest absolute Gasteiger partial charge is 0.389 e. The van der Waals surface area contributed by atoms with Crippen LogP contribution in [0.1, 0.15) is 155 Å². The van der Waals surface area contributed by atoms with Gasteiger partial charge in [-0.1, -0.05) is 135 Å². The highest BCUT2D eigenvalue weighted by atomic mass is 32.2. The highest BCUT2D eigenvalue weighted by molar-refractivity contribution is 8.13. The maximum absolute atomic E-state index is 12.0. The van der Waals surface area contributed by atoms with Gasteiger partial charge in [-0.3, -0.25) is 9.32 Å². The van der Waals surface area contributed by atoms with Crippen molar-refractivity contribution >= 4 is 25.7 Å². The van der Waals surface area contributed by atoms with Crippen LogP contribution >= 0.6 is 11.8 Å². The van der Waals surface area contributed by atoms with Gasteiger partial charge < -0.3 is 9.22 Å². The first-order valence-corrected chi connectivity index (χ1v) is 19.0. The molecule has 0 aromatic carbocycles. The van der Waals surface area contributed by atoms with E-state index in [0.717, 1.165) is 38.0 Å². The van der Waals surface area contributed by atoms with Gasteiger partial charge in [0, 0.05) is 31.4 Å². The molecule has 1 heterocycles. The molecular formula is C30H61NO4SSi. The molecule has 5 nitrogen and oxygen atoms in total. The first-order valence-electron chi connectivity index (χ1n) is 16.0. The molecule has 2 unspecified atom stereocenters. The Labute approximate surface area is 235 Å². The number of hydroxylamine groups is 1. The molecule has 220 valence electrons. The summed E-state index contributed by atoms with van der Waals surface area (Å²) in [5.41, 5.74) is 3.03. The molecule has 0 spiro atoms. The van der Waals surface area contributed by atoms with Crippen LogP contribution < -0.4 is 5.48 Å². The maximum Gasteiger partial charge on any atom is 0.515 e. The molecule has 0 aromatic heterocycles. The minimum atomic E-state index is -3.17. The number of nitrogens with one attached hydrogen (secondary N) is 1. The van der Waals surface area contributed by atoms with Crippen LogP contribution in [0.3, 0.4) is 0 Å². The molecule has 0 bridgehead atoms. The Morgan fingerprint density at radius 3 is 1.95 bits per heavy atom. The van der Waals surface area contributed by atoms with E-state index in [-0.39, 0.29) is 5.12 Å². The third kappa shape index (κ3) is 21.6. The summed E-state index contributed by atoms with van der Waals surface area (Å²) >= 11 is 1.40. The van der Waals surface area contributed by atoms with Crippen LogP contribution in [0.5, 0.6) is 0 Å². The predicted molar refractivity (Wildman–Crippen MR) is 162 cm³/mol. The van der Waals surface area contributed by atoms with Crippen molar-refractivity contribution in [1.29, 1.82) is 0 Å². The van der Waals surface area contributed by atoms with Crippen molar-refractivity contribution < 1.29 is 18.5 Å². The average Bonchev–Trinajstić information content (AvgIpc) is 2.87. The minimum absolute atomic E-state index is 0.277. The first-order chi connectivity index (χ1) is 18.1. The van der Waals surface area contributed by atoms with Crippen LogP contribution in [-0.4, -0.2) is 37.6 Å². The zero-order valence-electron chi connectivity index (χ0n) is 24.5. The molecule has 0 radical (unpaired) electrons. The molecule has 2 N–H and O–H groups in total. The van der Waals surface area contributed by atoms with Crippen LogP contribution in [-0.2, 0) is 13.7 Å². The fraction of sp³-hybridized carbons (Fsp3) is 0.967. The van der Waals surface area contributed by atoms with Crippen molar-refractivity contribution in [2.75, 3.05) is 18.9 Å². The number of hydrogen-bond donors (Lipinski definition) is 2. The van der Waals surface area contributed by atoms with E-state index in [2.05, 4.69) is 19.3 Å². The molecule has 2 atom stereocenters. The van der Waals surface area contributed by atoms with Gasteiger partial charge in [0.05, 0.1) is 0 Å². The average molecular weight is 560 g/mol. The van der Waals surface area contributed by atoms with E-state index in [0.29, 0.717) is 25.0 Å². The monoisotopic (exact) mass is 559 g/mol.